The maximum absolute atomic E-state index is 13.5. The molecule has 0 aliphatic carbocycles. The Morgan fingerprint density at radius 1 is 0.776 bits per heavy atom. The molecule has 0 radical (unpaired) electrons. The predicted molar refractivity (Wildman–Crippen MR) is 162 cm³/mol. The van der Waals surface area contributed by atoms with Crippen molar-refractivity contribution in [3.05, 3.63) is 124 Å². The summed E-state index contributed by atoms with van der Waals surface area (Å²) in [4.78, 5) is 50.7. The van der Waals surface area contributed by atoms with E-state index in [0.717, 1.165) is 35.2 Å². The van der Waals surface area contributed by atoms with Crippen LogP contribution in [0.15, 0.2) is 91.0 Å². The van der Waals surface area contributed by atoms with E-state index in [1.54, 1.807) is 0 Å². The number of alkyl halides is 6. The van der Waals surface area contributed by atoms with Crippen LogP contribution in [0.25, 0.3) is 0 Å². The van der Waals surface area contributed by atoms with Crippen molar-refractivity contribution in [2.75, 3.05) is 19.0 Å². The van der Waals surface area contributed by atoms with Crippen molar-refractivity contribution in [1.82, 2.24) is 4.90 Å². The van der Waals surface area contributed by atoms with Gasteiger partial charge in [-0.1, -0.05) is 30.3 Å². The molecule has 0 spiro atoms. The van der Waals surface area contributed by atoms with Gasteiger partial charge in [0.15, 0.2) is 0 Å². The number of carboxylic acids is 1. The predicted octanol–water partition coefficient (Wildman–Crippen LogP) is 6.86. The normalized spacial score (nSPS) is 11.4. The number of aliphatic carboxylic acids is 1. The van der Waals surface area contributed by atoms with Gasteiger partial charge in [0.05, 0.1) is 30.2 Å². The number of esters is 1. The van der Waals surface area contributed by atoms with E-state index in [0.29, 0.717) is 5.56 Å². The van der Waals surface area contributed by atoms with E-state index >= 15 is 0 Å². The molecule has 4 rings (SSSR count). The highest BCUT2D eigenvalue weighted by Gasteiger charge is 2.36. The number of hydrogen-bond acceptors (Lipinski definition) is 6. The first kappa shape index (κ1) is 36.0. The van der Waals surface area contributed by atoms with Crippen molar-refractivity contribution in [2.45, 2.75) is 25.3 Å². The SMILES string of the molecule is COc1ccc(CC(=O)Nc2ccc(C(=O)N(CC(=O)O)Cc3ccc(OC(=O)c4ccccc4C(F)(F)F)cc3)cc2)c(C(F)(F)F)c1. The lowest BCUT2D eigenvalue weighted by molar-refractivity contribution is -0.139. The number of nitrogens with zero attached hydrogens (tertiary/aromatic N) is 1. The number of nitrogens with one attached hydrogen (secondary N) is 1. The zero-order valence-corrected chi connectivity index (χ0v) is 25.4. The van der Waals surface area contributed by atoms with E-state index in [2.05, 4.69) is 5.32 Å². The lowest BCUT2D eigenvalue weighted by Gasteiger charge is -2.21. The van der Waals surface area contributed by atoms with E-state index in [-0.39, 0.29) is 34.9 Å². The van der Waals surface area contributed by atoms with Crippen LogP contribution in [-0.2, 0) is 34.9 Å². The van der Waals surface area contributed by atoms with Gasteiger partial charge < -0.3 is 24.8 Å². The summed E-state index contributed by atoms with van der Waals surface area (Å²) in [5.74, 6) is -4.17. The standard InChI is InChI=1S/C34H26F6N2O7/c1-48-25-15-10-22(28(17-25)34(38,39)40)16-29(43)41-23-11-8-21(9-12-23)31(46)42(19-30(44)45)18-20-6-13-24(14-7-20)49-32(47)26-4-2-3-5-27(26)33(35,36)37/h2-15,17H,16,18-19H2,1H3,(H,41,43)(H,44,45). The van der Waals surface area contributed by atoms with Gasteiger partial charge in [0.2, 0.25) is 5.91 Å². The second-order valence-electron chi connectivity index (χ2n) is 10.5. The molecule has 49 heavy (non-hydrogen) atoms. The van der Waals surface area contributed by atoms with Gasteiger partial charge in [-0.3, -0.25) is 14.4 Å². The fourth-order valence-corrected chi connectivity index (χ4v) is 4.67. The van der Waals surface area contributed by atoms with E-state index in [1.165, 1.54) is 67.8 Å². The van der Waals surface area contributed by atoms with Gasteiger partial charge in [0.25, 0.3) is 5.91 Å². The van der Waals surface area contributed by atoms with E-state index in [9.17, 15) is 50.6 Å². The van der Waals surface area contributed by atoms with Crippen molar-refractivity contribution in [3.8, 4) is 11.5 Å². The van der Waals surface area contributed by atoms with Crippen LogP contribution >= 0.6 is 0 Å². The van der Waals surface area contributed by atoms with Gasteiger partial charge in [0, 0.05) is 17.8 Å². The van der Waals surface area contributed by atoms with Gasteiger partial charge >= 0.3 is 24.3 Å². The summed E-state index contributed by atoms with van der Waals surface area (Å²) in [7, 11) is 1.21. The minimum absolute atomic E-state index is 0.0268. The van der Waals surface area contributed by atoms with Crippen molar-refractivity contribution >= 4 is 29.4 Å². The monoisotopic (exact) mass is 688 g/mol. The molecule has 4 aromatic carbocycles. The Morgan fingerprint density at radius 2 is 1.39 bits per heavy atom. The molecular weight excluding hydrogens is 662 g/mol. The van der Waals surface area contributed by atoms with E-state index in [1.807, 2.05) is 0 Å². The van der Waals surface area contributed by atoms with Crippen LogP contribution in [-0.4, -0.2) is 47.4 Å². The van der Waals surface area contributed by atoms with Crippen LogP contribution < -0.4 is 14.8 Å². The summed E-state index contributed by atoms with van der Waals surface area (Å²) in [5, 5.41) is 11.9. The topological polar surface area (TPSA) is 122 Å². The highest BCUT2D eigenvalue weighted by molar-refractivity contribution is 5.97. The average Bonchev–Trinajstić information content (AvgIpc) is 3.04. The third kappa shape index (κ3) is 9.59. The van der Waals surface area contributed by atoms with Crippen LogP contribution in [0, 0.1) is 0 Å². The first-order valence-corrected chi connectivity index (χ1v) is 14.2. The third-order valence-electron chi connectivity index (χ3n) is 6.96. The minimum atomic E-state index is -4.78. The first-order valence-electron chi connectivity index (χ1n) is 14.2. The zero-order valence-electron chi connectivity index (χ0n) is 25.4. The molecule has 0 saturated heterocycles. The van der Waals surface area contributed by atoms with Crippen molar-refractivity contribution in [3.63, 3.8) is 0 Å². The van der Waals surface area contributed by atoms with Crippen molar-refractivity contribution in [1.29, 1.82) is 0 Å². The number of anilines is 1. The van der Waals surface area contributed by atoms with Crippen LogP contribution in [0.1, 0.15) is 43.0 Å². The number of hydrogen-bond donors (Lipinski definition) is 2. The Kier molecular flexibility index (Phi) is 11.0. The van der Waals surface area contributed by atoms with Gasteiger partial charge in [-0.25, -0.2) is 4.79 Å². The largest absolute Gasteiger partial charge is 0.497 e. The molecule has 0 heterocycles. The first-order chi connectivity index (χ1) is 23.0. The highest BCUT2D eigenvalue weighted by atomic mass is 19.4. The maximum atomic E-state index is 13.5. The highest BCUT2D eigenvalue weighted by Crippen LogP contribution is 2.35. The number of methoxy groups -OCH3 is 1. The number of ether oxygens (including phenoxy) is 2. The number of carbonyl (C=O) groups excluding carboxylic acids is 3. The summed E-state index contributed by atoms with van der Waals surface area (Å²) >= 11 is 0. The number of carboxylic acid groups (broad SMARTS) is 1. The minimum Gasteiger partial charge on any atom is -0.497 e. The van der Waals surface area contributed by atoms with Crippen LogP contribution in [0.3, 0.4) is 0 Å². The molecule has 0 unspecified atom stereocenters. The second kappa shape index (κ2) is 14.9. The number of amides is 2. The summed E-state index contributed by atoms with van der Waals surface area (Å²) in [5.41, 5.74) is -2.56. The molecule has 2 N–H and O–H groups in total. The van der Waals surface area contributed by atoms with Gasteiger partial charge in [-0.05, 0) is 71.8 Å². The Labute approximate surface area is 274 Å². The Bertz CT molecular complexity index is 1840. The molecule has 0 aliphatic rings. The molecular formula is C34H26F6N2O7. The fourth-order valence-electron chi connectivity index (χ4n) is 4.67. The van der Waals surface area contributed by atoms with Gasteiger partial charge in [-0.15, -0.1) is 0 Å². The fraction of sp³-hybridized carbons (Fsp3) is 0.176. The maximum Gasteiger partial charge on any atom is 0.417 e. The molecule has 0 aromatic heterocycles. The Hall–Kier alpha value is -5.86. The molecule has 0 fully saturated rings. The smallest absolute Gasteiger partial charge is 0.417 e. The number of benzene rings is 4. The molecule has 0 bridgehead atoms. The zero-order chi connectivity index (χ0) is 35.9. The molecule has 0 atom stereocenters. The Morgan fingerprint density at radius 3 is 1.98 bits per heavy atom. The number of rotatable bonds is 11. The number of halogens is 6. The summed E-state index contributed by atoms with van der Waals surface area (Å²) in [6.07, 6.45) is -10.1. The molecule has 9 nitrogen and oxygen atoms in total. The lowest BCUT2D eigenvalue weighted by atomic mass is 10.0. The van der Waals surface area contributed by atoms with Crippen LogP contribution in [0.2, 0.25) is 0 Å². The molecule has 256 valence electrons. The van der Waals surface area contributed by atoms with E-state index < -0.39 is 65.8 Å². The van der Waals surface area contributed by atoms with Crippen LogP contribution in [0.5, 0.6) is 11.5 Å². The summed E-state index contributed by atoms with van der Waals surface area (Å²) < 4.78 is 90.3. The molecule has 4 aromatic rings. The second-order valence-corrected chi connectivity index (χ2v) is 10.5. The van der Waals surface area contributed by atoms with Crippen LogP contribution in [0.4, 0.5) is 32.0 Å². The van der Waals surface area contributed by atoms with E-state index in [4.69, 9.17) is 9.47 Å². The van der Waals surface area contributed by atoms with Crippen molar-refractivity contribution in [2.24, 2.45) is 0 Å². The molecule has 0 aliphatic heterocycles. The van der Waals surface area contributed by atoms with Gasteiger partial charge in [0.1, 0.15) is 18.0 Å². The third-order valence-corrected chi connectivity index (χ3v) is 6.96. The lowest BCUT2D eigenvalue weighted by Crippen LogP contribution is -2.35. The van der Waals surface area contributed by atoms with Gasteiger partial charge in [-0.2, -0.15) is 26.3 Å². The molecule has 15 heteroatoms. The number of carbonyl (C=O) groups is 4. The average molecular weight is 689 g/mol. The summed E-state index contributed by atoms with van der Waals surface area (Å²) in [6, 6.07) is 17.9. The molecule has 0 saturated carbocycles. The Balaban J connectivity index is 1.41. The summed E-state index contributed by atoms with van der Waals surface area (Å²) in [6.45, 7) is -0.941. The molecule has 2 amide bonds. The quantitative estimate of drug-likeness (QED) is 0.100. The van der Waals surface area contributed by atoms with Crippen molar-refractivity contribution < 1.29 is 60.1 Å².